The van der Waals surface area contributed by atoms with Gasteiger partial charge in [-0.25, -0.2) is 13.6 Å². The van der Waals surface area contributed by atoms with Crippen LogP contribution in [0.2, 0.25) is 0 Å². The molecule has 8 nitrogen and oxygen atoms in total. The molecule has 2 aliphatic heterocycles. The van der Waals surface area contributed by atoms with Gasteiger partial charge in [0.1, 0.15) is 11.8 Å². The van der Waals surface area contributed by atoms with E-state index >= 15 is 0 Å². The second kappa shape index (κ2) is 8.97. The van der Waals surface area contributed by atoms with Gasteiger partial charge in [-0.05, 0) is 12.8 Å². The fourth-order valence-corrected chi connectivity index (χ4v) is 3.57. The van der Waals surface area contributed by atoms with Gasteiger partial charge in [-0.2, -0.15) is 0 Å². The molecule has 1 unspecified atom stereocenters. The third-order valence-electron chi connectivity index (χ3n) is 5.01. The summed E-state index contributed by atoms with van der Waals surface area (Å²) in [5.74, 6) is -1.71. The van der Waals surface area contributed by atoms with Gasteiger partial charge in [-0.15, -0.1) is 0 Å². The predicted molar refractivity (Wildman–Crippen MR) is 104 cm³/mol. The highest BCUT2D eigenvalue weighted by Gasteiger charge is 2.34. The topological polar surface area (TPSA) is 99.9 Å². The van der Waals surface area contributed by atoms with Crippen LogP contribution in [0.25, 0.3) is 0 Å². The minimum atomic E-state index is -0.730. The molecular weight excluding hydrogens is 384 g/mol. The van der Waals surface area contributed by atoms with Crippen LogP contribution < -0.4 is 26.2 Å². The van der Waals surface area contributed by atoms with E-state index in [9.17, 15) is 18.4 Å². The summed E-state index contributed by atoms with van der Waals surface area (Å²) in [5.41, 5.74) is 5.30. The Morgan fingerprint density at radius 1 is 1.31 bits per heavy atom. The molecule has 3 rings (SSSR count). The Bertz CT molecular complexity index is 773. The Hall–Kier alpha value is -3.04. The highest BCUT2D eigenvalue weighted by molar-refractivity contribution is 5.90. The Balaban J connectivity index is 1.68. The smallest absolute Gasteiger partial charge is 0.414 e. The lowest BCUT2D eigenvalue weighted by atomic mass is 10.0. The van der Waals surface area contributed by atoms with Crippen LogP contribution in [0.15, 0.2) is 24.5 Å². The third-order valence-corrected chi connectivity index (χ3v) is 5.01. The zero-order valence-electron chi connectivity index (χ0n) is 16.2. The van der Waals surface area contributed by atoms with Gasteiger partial charge in [0.05, 0.1) is 18.8 Å². The molecule has 4 N–H and O–H groups in total. The van der Waals surface area contributed by atoms with E-state index in [-0.39, 0.29) is 36.4 Å². The Morgan fingerprint density at radius 3 is 2.55 bits per heavy atom. The number of hydrogen-bond acceptors (Lipinski definition) is 6. The molecule has 29 heavy (non-hydrogen) atoms. The molecule has 2 heterocycles. The number of amides is 2. The number of anilines is 2. The van der Waals surface area contributed by atoms with Crippen LogP contribution in [-0.2, 0) is 9.53 Å². The first-order chi connectivity index (χ1) is 13.9. The normalized spacial score (nSPS) is 20.2. The SMILES string of the molecule is CC(=O)NCC1CN(c2cc(F)c(N3CCC(N/C=C\N)CC3)c(F)c2)C(=O)O1. The van der Waals surface area contributed by atoms with E-state index in [2.05, 4.69) is 10.6 Å². The number of carbonyl (C=O) groups excluding carboxylic acids is 2. The van der Waals surface area contributed by atoms with Crippen molar-refractivity contribution in [2.75, 3.05) is 36.0 Å². The average molecular weight is 409 g/mol. The van der Waals surface area contributed by atoms with E-state index in [0.717, 1.165) is 17.0 Å². The quantitative estimate of drug-likeness (QED) is 0.657. The minimum Gasteiger partial charge on any atom is -0.442 e. The summed E-state index contributed by atoms with van der Waals surface area (Å²) in [4.78, 5) is 25.9. The van der Waals surface area contributed by atoms with Crippen LogP contribution in [0.4, 0.5) is 25.0 Å². The van der Waals surface area contributed by atoms with Gasteiger partial charge in [-0.1, -0.05) is 0 Å². The van der Waals surface area contributed by atoms with Crippen molar-refractivity contribution in [3.8, 4) is 0 Å². The number of carbonyl (C=O) groups is 2. The molecule has 2 saturated heterocycles. The van der Waals surface area contributed by atoms with E-state index in [1.807, 2.05) is 0 Å². The zero-order chi connectivity index (χ0) is 21.0. The van der Waals surface area contributed by atoms with Crippen molar-refractivity contribution in [3.63, 3.8) is 0 Å². The maximum absolute atomic E-state index is 14.8. The largest absolute Gasteiger partial charge is 0.442 e. The number of cyclic esters (lactones) is 1. The van der Waals surface area contributed by atoms with E-state index in [0.29, 0.717) is 25.9 Å². The van der Waals surface area contributed by atoms with Crippen molar-refractivity contribution in [2.45, 2.75) is 31.9 Å². The van der Waals surface area contributed by atoms with Crippen LogP contribution in [0, 0.1) is 11.6 Å². The van der Waals surface area contributed by atoms with Crippen LogP contribution >= 0.6 is 0 Å². The molecule has 1 atom stereocenters. The van der Waals surface area contributed by atoms with Crippen molar-refractivity contribution in [3.05, 3.63) is 36.2 Å². The fourth-order valence-electron chi connectivity index (χ4n) is 3.57. The summed E-state index contributed by atoms with van der Waals surface area (Å²) in [6, 6.07) is 2.49. The number of halogens is 2. The van der Waals surface area contributed by atoms with Gasteiger partial charge in [-0.3, -0.25) is 9.69 Å². The first-order valence-electron chi connectivity index (χ1n) is 9.48. The summed E-state index contributed by atoms with van der Waals surface area (Å²) < 4.78 is 34.7. The molecule has 1 aromatic carbocycles. The molecule has 0 bridgehead atoms. The Morgan fingerprint density at radius 2 is 1.97 bits per heavy atom. The zero-order valence-corrected chi connectivity index (χ0v) is 16.2. The summed E-state index contributed by atoms with van der Waals surface area (Å²) in [6.07, 6.45) is 3.22. The molecule has 2 amide bonds. The summed E-state index contributed by atoms with van der Waals surface area (Å²) in [6.45, 7) is 2.58. The monoisotopic (exact) mass is 409 g/mol. The van der Waals surface area contributed by atoms with E-state index < -0.39 is 23.8 Å². The molecule has 1 aromatic rings. The van der Waals surface area contributed by atoms with Gasteiger partial charge < -0.3 is 26.0 Å². The highest BCUT2D eigenvalue weighted by atomic mass is 19.1. The van der Waals surface area contributed by atoms with E-state index in [1.165, 1.54) is 13.1 Å². The van der Waals surface area contributed by atoms with Crippen molar-refractivity contribution >= 4 is 23.4 Å². The van der Waals surface area contributed by atoms with Gasteiger partial charge in [0.2, 0.25) is 5.91 Å². The lowest BCUT2D eigenvalue weighted by Crippen LogP contribution is -2.41. The number of nitrogens with two attached hydrogens (primary N) is 1. The molecule has 0 spiro atoms. The van der Waals surface area contributed by atoms with Gasteiger partial charge in [0, 0.05) is 50.6 Å². The molecule has 158 valence electrons. The van der Waals surface area contributed by atoms with Crippen LogP contribution in [-0.4, -0.2) is 50.3 Å². The number of piperidine rings is 1. The molecule has 0 aliphatic carbocycles. The number of rotatable bonds is 6. The Labute approximate surface area is 167 Å². The number of benzene rings is 1. The van der Waals surface area contributed by atoms with Gasteiger partial charge in [0.25, 0.3) is 0 Å². The van der Waals surface area contributed by atoms with Crippen LogP contribution in [0.5, 0.6) is 0 Å². The highest BCUT2D eigenvalue weighted by Crippen LogP contribution is 2.32. The third kappa shape index (κ3) is 4.87. The second-order valence-electron chi connectivity index (χ2n) is 7.10. The fraction of sp³-hybridized carbons (Fsp3) is 0.474. The standard InChI is InChI=1S/C19H25F2N5O3/c1-12(27)24-10-15-11-26(19(28)29-15)14-8-16(20)18(17(21)9-14)25-6-2-13(3-7-25)23-5-4-22/h4-5,8-9,13,15,23H,2-3,6-7,10-11,22H2,1H3,(H,24,27)/b5-4-. The number of hydrogen-bond donors (Lipinski definition) is 3. The molecule has 0 saturated carbocycles. The summed E-state index contributed by atoms with van der Waals surface area (Å²) in [7, 11) is 0. The molecule has 0 aromatic heterocycles. The van der Waals surface area contributed by atoms with Crippen LogP contribution in [0.1, 0.15) is 19.8 Å². The van der Waals surface area contributed by atoms with Gasteiger partial charge in [0.15, 0.2) is 11.6 Å². The van der Waals surface area contributed by atoms with E-state index in [1.54, 1.807) is 11.1 Å². The van der Waals surface area contributed by atoms with Gasteiger partial charge >= 0.3 is 6.09 Å². The van der Waals surface area contributed by atoms with E-state index in [4.69, 9.17) is 10.5 Å². The van der Waals surface area contributed by atoms with Crippen molar-refractivity contribution < 1.29 is 23.1 Å². The number of ether oxygens (including phenoxy) is 1. The first-order valence-corrected chi connectivity index (χ1v) is 9.48. The molecule has 0 radical (unpaired) electrons. The van der Waals surface area contributed by atoms with Crippen molar-refractivity contribution in [1.82, 2.24) is 10.6 Å². The Kier molecular flexibility index (Phi) is 6.40. The first kappa shape index (κ1) is 20.7. The molecule has 10 heteroatoms. The minimum absolute atomic E-state index is 0.0868. The second-order valence-corrected chi connectivity index (χ2v) is 7.10. The lowest BCUT2D eigenvalue weighted by molar-refractivity contribution is -0.119. The van der Waals surface area contributed by atoms with Crippen molar-refractivity contribution in [2.24, 2.45) is 5.73 Å². The number of nitrogens with one attached hydrogen (secondary N) is 2. The molecule has 2 fully saturated rings. The molecule has 2 aliphatic rings. The number of nitrogens with zero attached hydrogens (tertiary/aromatic N) is 2. The molecular formula is C19H25F2N5O3. The predicted octanol–water partition coefficient (Wildman–Crippen LogP) is 1.41. The maximum atomic E-state index is 14.8. The maximum Gasteiger partial charge on any atom is 0.414 e. The van der Waals surface area contributed by atoms with Crippen molar-refractivity contribution in [1.29, 1.82) is 0 Å². The lowest BCUT2D eigenvalue weighted by Gasteiger charge is -2.34. The summed E-state index contributed by atoms with van der Waals surface area (Å²) in [5, 5.41) is 5.70. The summed E-state index contributed by atoms with van der Waals surface area (Å²) >= 11 is 0. The average Bonchev–Trinajstić information content (AvgIpc) is 3.06. The van der Waals surface area contributed by atoms with Crippen LogP contribution in [0.3, 0.4) is 0 Å².